The monoisotopic (exact) mass is 319 g/mol. The molecule has 1 aromatic rings. The minimum atomic E-state index is -0.257. The van der Waals surface area contributed by atoms with Gasteiger partial charge in [0.2, 0.25) is 5.91 Å². The molecule has 1 heterocycles. The highest BCUT2D eigenvalue weighted by atomic mass is 16.5. The van der Waals surface area contributed by atoms with E-state index < -0.39 is 0 Å². The summed E-state index contributed by atoms with van der Waals surface area (Å²) < 4.78 is 5.08. The van der Waals surface area contributed by atoms with Crippen molar-refractivity contribution in [2.24, 2.45) is 0 Å². The molecule has 1 fully saturated rings. The van der Waals surface area contributed by atoms with Crippen LogP contribution in [0.25, 0.3) is 0 Å². The minimum absolute atomic E-state index is 0.125. The molecule has 0 saturated carbocycles. The number of rotatable bonds is 6. The van der Waals surface area contributed by atoms with Crippen molar-refractivity contribution in [1.82, 2.24) is 15.5 Å². The predicted molar refractivity (Wildman–Crippen MR) is 88.3 cm³/mol. The molecule has 2 N–H and O–H groups in total. The van der Waals surface area contributed by atoms with Crippen LogP contribution in [-0.4, -0.2) is 43.6 Å². The van der Waals surface area contributed by atoms with Crippen LogP contribution < -0.4 is 15.4 Å². The molecule has 0 atom stereocenters. The van der Waals surface area contributed by atoms with Gasteiger partial charge in [0.25, 0.3) is 0 Å². The fraction of sp³-hybridized carbons (Fsp3) is 0.529. The fourth-order valence-electron chi connectivity index (χ4n) is 2.57. The Morgan fingerprint density at radius 1 is 1.09 bits per heavy atom. The summed E-state index contributed by atoms with van der Waals surface area (Å²) in [6, 6.07) is 7.25. The average Bonchev–Trinajstić information content (AvgIpc) is 2.61. The molecule has 126 valence electrons. The van der Waals surface area contributed by atoms with E-state index in [1.54, 1.807) is 7.11 Å². The average molecular weight is 319 g/mol. The van der Waals surface area contributed by atoms with Crippen LogP contribution in [0.1, 0.15) is 31.2 Å². The first kappa shape index (κ1) is 17.1. The van der Waals surface area contributed by atoms with Crippen LogP contribution in [0.5, 0.6) is 5.75 Å². The van der Waals surface area contributed by atoms with Gasteiger partial charge in [0, 0.05) is 32.6 Å². The normalized spacial score (nSPS) is 14.2. The number of benzene rings is 1. The van der Waals surface area contributed by atoms with Crippen LogP contribution >= 0.6 is 0 Å². The summed E-state index contributed by atoms with van der Waals surface area (Å²) in [7, 11) is 1.62. The summed E-state index contributed by atoms with van der Waals surface area (Å²) in [6.07, 6.45) is 3.73. The number of ether oxygens (including phenoxy) is 1. The SMILES string of the molecule is COc1ccc(CNC(=O)NCCC(=O)N2CCCCC2)cc1. The topological polar surface area (TPSA) is 70.7 Å². The van der Waals surface area contributed by atoms with Crippen molar-refractivity contribution in [2.75, 3.05) is 26.7 Å². The van der Waals surface area contributed by atoms with Gasteiger partial charge >= 0.3 is 6.03 Å². The third-order valence-electron chi connectivity index (χ3n) is 3.95. The number of methoxy groups -OCH3 is 1. The third-order valence-corrected chi connectivity index (χ3v) is 3.95. The Bertz CT molecular complexity index is 510. The summed E-state index contributed by atoms with van der Waals surface area (Å²) in [5.74, 6) is 0.912. The lowest BCUT2D eigenvalue weighted by atomic mass is 10.1. The molecule has 0 radical (unpaired) electrons. The summed E-state index contributed by atoms with van der Waals surface area (Å²) in [5, 5.41) is 5.50. The molecule has 6 heteroatoms. The van der Waals surface area contributed by atoms with E-state index in [1.165, 1.54) is 6.42 Å². The fourth-order valence-corrected chi connectivity index (χ4v) is 2.57. The van der Waals surface area contributed by atoms with Gasteiger partial charge in [-0.3, -0.25) is 4.79 Å². The number of carbonyl (C=O) groups excluding carboxylic acids is 2. The molecule has 0 aliphatic carbocycles. The van der Waals surface area contributed by atoms with Crippen molar-refractivity contribution >= 4 is 11.9 Å². The second kappa shape index (κ2) is 9.02. The van der Waals surface area contributed by atoms with E-state index in [0.717, 1.165) is 37.2 Å². The van der Waals surface area contributed by atoms with E-state index in [-0.39, 0.29) is 11.9 Å². The second-order valence-electron chi connectivity index (χ2n) is 5.65. The van der Waals surface area contributed by atoms with Gasteiger partial charge in [-0.2, -0.15) is 0 Å². The molecule has 0 bridgehead atoms. The number of hydrogen-bond acceptors (Lipinski definition) is 3. The first-order valence-electron chi connectivity index (χ1n) is 8.11. The Balaban J connectivity index is 1.61. The van der Waals surface area contributed by atoms with E-state index in [4.69, 9.17) is 4.74 Å². The van der Waals surface area contributed by atoms with Gasteiger partial charge in [0.05, 0.1) is 7.11 Å². The maximum absolute atomic E-state index is 12.0. The van der Waals surface area contributed by atoms with E-state index in [2.05, 4.69) is 10.6 Å². The number of urea groups is 1. The standard InChI is InChI=1S/C17H25N3O3/c1-23-15-7-5-14(6-8-15)13-19-17(22)18-10-9-16(21)20-11-3-2-4-12-20/h5-8H,2-4,9-13H2,1H3,(H2,18,19,22). The van der Waals surface area contributed by atoms with Crippen LogP contribution in [0.15, 0.2) is 24.3 Å². The number of nitrogens with zero attached hydrogens (tertiary/aromatic N) is 1. The summed E-state index contributed by atoms with van der Waals surface area (Å²) >= 11 is 0. The van der Waals surface area contributed by atoms with E-state index in [9.17, 15) is 9.59 Å². The highest BCUT2D eigenvalue weighted by molar-refractivity contribution is 5.78. The minimum Gasteiger partial charge on any atom is -0.497 e. The second-order valence-corrected chi connectivity index (χ2v) is 5.65. The molecule has 0 aromatic heterocycles. The molecule has 1 saturated heterocycles. The Labute approximate surface area is 137 Å². The lowest BCUT2D eigenvalue weighted by Crippen LogP contribution is -2.40. The Morgan fingerprint density at radius 3 is 2.43 bits per heavy atom. The number of nitrogens with one attached hydrogen (secondary N) is 2. The van der Waals surface area contributed by atoms with E-state index in [0.29, 0.717) is 19.5 Å². The summed E-state index contributed by atoms with van der Waals surface area (Å²) in [6.45, 7) is 2.50. The molecule has 0 unspecified atom stereocenters. The van der Waals surface area contributed by atoms with Crippen molar-refractivity contribution in [3.8, 4) is 5.75 Å². The van der Waals surface area contributed by atoms with Gasteiger partial charge in [-0.1, -0.05) is 12.1 Å². The zero-order valence-electron chi connectivity index (χ0n) is 13.6. The molecule has 6 nitrogen and oxygen atoms in total. The Hall–Kier alpha value is -2.24. The lowest BCUT2D eigenvalue weighted by molar-refractivity contribution is -0.131. The van der Waals surface area contributed by atoms with Crippen molar-refractivity contribution in [3.05, 3.63) is 29.8 Å². The van der Waals surface area contributed by atoms with Gasteiger partial charge in [-0.05, 0) is 37.0 Å². The molecule has 1 aliphatic rings. The molecule has 3 amide bonds. The quantitative estimate of drug-likeness (QED) is 0.841. The molecular weight excluding hydrogens is 294 g/mol. The lowest BCUT2D eigenvalue weighted by Gasteiger charge is -2.26. The van der Waals surface area contributed by atoms with Gasteiger partial charge in [0.1, 0.15) is 5.75 Å². The number of likely N-dealkylation sites (tertiary alicyclic amines) is 1. The van der Waals surface area contributed by atoms with E-state index in [1.807, 2.05) is 29.2 Å². The number of hydrogen-bond donors (Lipinski definition) is 2. The third kappa shape index (κ3) is 5.81. The highest BCUT2D eigenvalue weighted by Gasteiger charge is 2.15. The Kier molecular flexibility index (Phi) is 6.72. The summed E-state index contributed by atoms with van der Waals surface area (Å²) in [4.78, 5) is 25.6. The maximum Gasteiger partial charge on any atom is 0.315 e. The van der Waals surface area contributed by atoms with Crippen LogP contribution in [-0.2, 0) is 11.3 Å². The largest absolute Gasteiger partial charge is 0.497 e. The first-order valence-corrected chi connectivity index (χ1v) is 8.11. The predicted octanol–water partition coefficient (Wildman–Crippen LogP) is 1.90. The van der Waals surface area contributed by atoms with Crippen molar-refractivity contribution < 1.29 is 14.3 Å². The number of amides is 3. The van der Waals surface area contributed by atoms with Gasteiger partial charge in [-0.25, -0.2) is 4.79 Å². The van der Waals surface area contributed by atoms with Gasteiger partial charge < -0.3 is 20.3 Å². The van der Waals surface area contributed by atoms with Gasteiger partial charge in [0.15, 0.2) is 0 Å². The smallest absolute Gasteiger partial charge is 0.315 e. The molecule has 1 aliphatic heterocycles. The van der Waals surface area contributed by atoms with Crippen LogP contribution in [0.3, 0.4) is 0 Å². The first-order chi connectivity index (χ1) is 11.2. The molecule has 23 heavy (non-hydrogen) atoms. The van der Waals surface area contributed by atoms with Crippen molar-refractivity contribution in [2.45, 2.75) is 32.2 Å². The zero-order chi connectivity index (χ0) is 16.5. The molecule has 0 spiro atoms. The Morgan fingerprint density at radius 2 is 1.78 bits per heavy atom. The van der Waals surface area contributed by atoms with Crippen molar-refractivity contribution in [1.29, 1.82) is 0 Å². The van der Waals surface area contributed by atoms with Crippen LogP contribution in [0, 0.1) is 0 Å². The van der Waals surface area contributed by atoms with Crippen LogP contribution in [0.4, 0.5) is 4.79 Å². The van der Waals surface area contributed by atoms with Crippen LogP contribution in [0.2, 0.25) is 0 Å². The number of piperidine rings is 1. The maximum atomic E-state index is 12.0. The molecule has 1 aromatic carbocycles. The van der Waals surface area contributed by atoms with Gasteiger partial charge in [-0.15, -0.1) is 0 Å². The molecular formula is C17H25N3O3. The van der Waals surface area contributed by atoms with E-state index >= 15 is 0 Å². The highest BCUT2D eigenvalue weighted by Crippen LogP contribution is 2.11. The summed E-state index contributed by atoms with van der Waals surface area (Å²) in [5.41, 5.74) is 0.991. The van der Waals surface area contributed by atoms with Crippen molar-refractivity contribution in [3.63, 3.8) is 0 Å². The zero-order valence-corrected chi connectivity index (χ0v) is 13.6. The molecule has 2 rings (SSSR count). The number of carbonyl (C=O) groups is 2.